The van der Waals surface area contributed by atoms with Gasteiger partial charge in [-0.15, -0.1) is 0 Å². The maximum absolute atomic E-state index is 11.2. The lowest BCUT2D eigenvalue weighted by molar-refractivity contribution is -0.385. The molecule has 3 saturated heterocycles. The van der Waals surface area contributed by atoms with Gasteiger partial charge in [-0.2, -0.15) is 5.10 Å². The van der Waals surface area contributed by atoms with Gasteiger partial charge < -0.3 is 5.43 Å². The Bertz CT molecular complexity index is 593. The molecule has 6 heteroatoms. The number of hydrogen-bond donors (Lipinski definition) is 1. The fraction of sp³-hybridized carbons (Fsp3) is 0.500. The van der Waals surface area contributed by atoms with Crippen LogP contribution in [0.4, 0.5) is 5.69 Å². The Morgan fingerprint density at radius 3 is 2.80 bits per heavy atom. The van der Waals surface area contributed by atoms with E-state index in [4.69, 9.17) is 0 Å². The standard InChI is InChI=1S/C14H16N4O2/c19-18(20)11-4-2-1-3-10(11)13-14-12(15-16-13)9-5-7-17(14)8-6-9/h1-4,9,13-14,16H,5-8H2. The van der Waals surface area contributed by atoms with Gasteiger partial charge in [-0.05, 0) is 32.0 Å². The van der Waals surface area contributed by atoms with Gasteiger partial charge in [-0.25, -0.2) is 0 Å². The third-order valence-electron chi connectivity index (χ3n) is 4.76. The Balaban J connectivity index is 1.73. The van der Waals surface area contributed by atoms with Crippen LogP contribution < -0.4 is 5.43 Å². The Labute approximate surface area is 116 Å². The molecule has 2 bridgehead atoms. The third kappa shape index (κ3) is 1.57. The summed E-state index contributed by atoms with van der Waals surface area (Å²) in [4.78, 5) is 13.3. The second-order valence-corrected chi connectivity index (χ2v) is 5.71. The number of hydrogen-bond acceptors (Lipinski definition) is 5. The number of benzene rings is 1. The number of rotatable bonds is 2. The van der Waals surface area contributed by atoms with Crippen LogP contribution in [0.3, 0.4) is 0 Å². The van der Waals surface area contributed by atoms with Crippen molar-refractivity contribution in [2.75, 3.05) is 13.1 Å². The van der Waals surface area contributed by atoms with Crippen molar-refractivity contribution >= 4 is 11.4 Å². The van der Waals surface area contributed by atoms with Gasteiger partial charge >= 0.3 is 0 Å². The fourth-order valence-electron chi connectivity index (χ4n) is 3.81. The predicted molar refractivity (Wildman–Crippen MR) is 74.5 cm³/mol. The summed E-state index contributed by atoms with van der Waals surface area (Å²) >= 11 is 0. The average Bonchev–Trinajstić information content (AvgIpc) is 2.95. The molecule has 1 N–H and O–H groups in total. The molecule has 0 radical (unpaired) electrons. The van der Waals surface area contributed by atoms with Crippen molar-refractivity contribution in [2.24, 2.45) is 11.0 Å². The molecule has 0 amide bonds. The molecule has 104 valence electrons. The number of nitro groups is 1. The second-order valence-electron chi connectivity index (χ2n) is 5.71. The van der Waals surface area contributed by atoms with Crippen LogP contribution in [0.15, 0.2) is 29.4 Å². The topological polar surface area (TPSA) is 70.8 Å². The molecule has 0 aliphatic carbocycles. The summed E-state index contributed by atoms with van der Waals surface area (Å²) < 4.78 is 0. The highest BCUT2D eigenvalue weighted by molar-refractivity contribution is 5.95. The highest BCUT2D eigenvalue weighted by Crippen LogP contribution is 2.40. The molecule has 0 aromatic heterocycles. The largest absolute Gasteiger partial charge is 0.300 e. The summed E-state index contributed by atoms with van der Waals surface area (Å²) in [5.74, 6) is 0.560. The number of para-hydroxylation sites is 1. The Morgan fingerprint density at radius 2 is 2.05 bits per heavy atom. The van der Waals surface area contributed by atoms with E-state index >= 15 is 0 Å². The molecule has 2 unspecified atom stereocenters. The molecular formula is C14H16N4O2. The van der Waals surface area contributed by atoms with Gasteiger partial charge in [-0.3, -0.25) is 15.0 Å². The van der Waals surface area contributed by atoms with Crippen LogP contribution in [0.1, 0.15) is 24.4 Å². The van der Waals surface area contributed by atoms with Crippen molar-refractivity contribution in [3.8, 4) is 0 Å². The van der Waals surface area contributed by atoms with E-state index < -0.39 is 0 Å². The lowest BCUT2D eigenvalue weighted by Gasteiger charge is -2.45. The molecule has 0 saturated carbocycles. The minimum atomic E-state index is -0.300. The van der Waals surface area contributed by atoms with Crippen molar-refractivity contribution < 1.29 is 4.92 Å². The molecule has 4 heterocycles. The molecule has 0 spiro atoms. The monoisotopic (exact) mass is 272 g/mol. The van der Waals surface area contributed by atoms with Crippen LogP contribution in [0, 0.1) is 16.0 Å². The van der Waals surface area contributed by atoms with E-state index in [1.54, 1.807) is 12.1 Å². The zero-order valence-corrected chi connectivity index (χ0v) is 11.0. The molecule has 2 atom stereocenters. The number of nitrogens with zero attached hydrogens (tertiary/aromatic N) is 3. The highest BCUT2D eigenvalue weighted by Gasteiger charge is 2.48. The van der Waals surface area contributed by atoms with E-state index in [1.165, 1.54) is 18.6 Å². The SMILES string of the molecule is O=[N+]([O-])c1ccccc1C1NN=C2C3CCN(CC3)C21. The predicted octanol–water partition coefficient (Wildman–Crippen LogP) is 1.69. The summed E-state index contributed by atoms with van der Waals surface area (Å²) in [6.45, 7) is 2.15. The summed E-state index contributed by atoms with van der Waals surface area (Å²) in [5, 5.41) is 15.7. The highest BCUT2D eigenvalue weighted by atomic mass is 16.6. The molecule has 20 heavy (non-hydrogen) atoms. The summed E-state index contributed by atoms with van der Waals surface area (Å²) in [7, 11) is 0. The first-order chi connectivity index (χ1) is 9.75. The number of fused-ring (bicyclic) bond motifs is 2. The average molecular weight is 272 g/mol. The van der Waals surface area contributed by atoms with Crippen molar-refractivity contribution in [3.63, 3.8) is 0 Å². The zero-order chi connectivity index (χ0) is 13.7. The van der Waals surface area contributed by atoms with Crippen molar-refractivity contribution in [3.05, 3.63) is 39.9 Å². The molecule has 5 rings (SSSR count). The van der Waals surface area contributed by atoms with E-state index in [2.05, 4.69) is 15.4 Å². The first kappa shape index (κ1) is 11.8. The van der Waals surface area contributed by atoms with Gasteiger partial charge in [0.2, 0.25) is 0 Å². The van der Waals surface area contributed by atoms with Crippen LogP contribution >= 0.6 is 0 Å². The van der Waals surface area contributed by atoms with Crippen LogP contribution in [0.5, 0.6) is 0 Å². The number of nitrogens with one attached hydrogen (secondary N) is 1. The van der Waals surface area contributed by atoms with Crippen LogP contribution in [0.25, 0.3) is 0 Å². The molecular weight excluding hydrogens is 256 g/mol. The Hall–Kier alpha value is -1.95. The van der Waals surface area contributed by atoms with Gasteiger partial charge in [-0.1, -0.05) is 12.1 Å². The Kier molecular flexibility index (Phi) is 2.53. The van der Waals surface area contributed by atoms with E-state index in [0.717, 1.165) is 18.7 Å². The second kappa shape index (κ2) is 4.28. The molecule has 6 nitrogen and oxygen atoms in total. The van der Waals surface area contributed by atoms with Gasteiger partial charge in [0.25, 0.3) is 5.69 Å². The molecule has 3 fully saturated rings. The van der Waals surface area contributed by atoms with E-state index in [0.29, 0.717) is 5.92 Å². The van der Waals surface area contributed by atoms with Gasteiger partial charge in [0.1, 0.15) is 0 Å². The molecule has 1 aromatic carbocycles. The zero-order valence-electron chi connectivity index (χ0n) is 11.0. The van der Waals surface area contributed by atoms with E-state index in [1.807, 2.05) is 12.1 Å². The number of piperidine rings is 3. The smallest absolute Gasteiger partial charge is 0.274 e. The van der Waals surface area contributed by atoms with Gasteiger partial charge in [0.15, 0.2) is 0 Å². The molecule has 4 aliphatic heterocycles. The lowest BCUT2D eigenvalue weighted by Crippen LogP contribution is -2.56. The van der Waals surface area contributed by atoms with Crippen molar-refractivity contribution in [1.29, 1.82) is 0 Å². The van der Waals surface area contributed by atoms with Crippen LogP contribution in [0.2, 0.25) is 0 Å². The summed E-state index contributed by atoms with van der Waals surface area (Å²) in [5.41, 5.74) is 5.28. The first-order valence-corrected chi connectivity index (χ1v) is 7.06. The van der Waals surface area contributed by atoms with Crippen LogP contribution in [-0.4, -0.2) is 34.7 Å². The molecule has 4 aliphatic rings. The minimum absolute atomic E-state index is 0.0882. The summed E-state index contributed by atoms with van der Waals surface area (Å²) in [6.07, 6.45) is 2.33. The maximum atomic E-state index is 11.2. The van der Waals surface area contributed by atoms with Crippen molar-refractivity contribution in [2.45, 2.75) is 24.9 Å². The quantitative estimate of drug-likeness (QED) is 0.657. The minimum Gasteiger partial charge on any atom is -0.300 e. The third-order valence-corrected chi connectivity index (χ3v) is 4.76. The lowest BCUT2D eigenvalue weighted by atomic mass is 9.78. The van der Waals surface area contributed by atoms with E-state index in [9.17, 15) is 10.1 Å². The number of nitro benzene ring substituents is 1. The first-order valence-electron chi connectivity index (χ1n) is 7.06. The fourth-order valence-corrected chi connectivity index (χ4v) is 3.81. The van der Waals surface area contributed by atoms with Gasteiger partial charge in [0, 0.05) is 12.0 Å². The molecule has 1 aromatic rings. The maximum Gasteiger partial charge on any atom is 0.274 e. The van der Waals surface area contributed by atoms with Gasteiger partial charge in [0.05, 0.1) is 28.3 Å². The summed E-state index contributed by atoms with van der Waals surface area (Å²) in [6, 6.07) is 7.10. The van der Waals surface area contributed by atoms with E-state index in [-0.39, 0.29) is 22.7 Å². The Morgan fingerprint density at radius 1 is 1.30 bits per heavy atom. The number of hydrazone groups is 1. The van der Waals surface area contributed by atoms with Crippen LogP contribution in [-0.2, 0) is 0 Å². The van der Waals surface area contributed by atoms with Crippen molar-refractivity contribution in [1.82, 2.24) is 10.3 Å². The normalized spacial score (nSPS) is 34.3.